The summed E-state index contributed by atoms with van der Waals surface area (Å²) in [4.78, 5) is 0. The average Bonchev–Trinajstić information content (AvgIpc) is 2.30. The minimum atomic E-state index is -1.08. The molecule has 3 nitrogen and oxygen atoms in total. The largest absolute Gasteiger partial charge is 0.438 e. The Labute approximate surface area is 105 Å². The summed E-state index contributed by atoms with van der Waals surface area (Å²) in [6, 6.07) is 0. The van der Waals surface area contributed by atoms with E-state index in [9.17, 15) is 0 Å². The fourth-order valence-corrected chi connectivity index (χ4v) is 3.64. The van der Waals surface area contributed by atoms with Crippen molar-refractivity contribution in [2.24, 2.45) is 22.5 Å². The lowest BCUT2D eigenvalue weighted by Crippen LogP contribution is -2.33. The third-order valence-electron chi connectivity index (χ3n) is 3.66. The van der Waals surface area contributed by atoms with Crippen LogP contribution in [0.25, 0.3) is 0 Å². The summed E-state index contributed by atoms with van der Waals surface area (Å²) in [5.74, 6) is 2.08. The highest BCUT2D eigenvalue weighted by Crippen LogP contribution is 2.47. The molecule has 17 heavy (non-hydrogen) atoms. The maximum absolute atomic E-state index is 6.07. The molecule has 0 aromatic rings. The highest BCUT2D eigenvalue weighted by Gasteiger charge is 2.34. The molecule has 4 atom stereocenters. The molecule has 1 aliphatic heterocycles. The van der Waals surface area contributed by atoms with E-state index >= 15 is 0 Å². The molecular weight excluding hydrogens is 233 g/mol. The number of hydrogen-bond donors (Lipinski definition) is 0. The second kappa shape index (κ2) is 5.97. The Bertz CT molecular complexity index is 304. The summed E-state index contributed by atoms with van der Waals surface area (Å²) in [7, 11) is -1.08. The van der Waals surface area contributed by atoms with Gasteiger partial charge in [-0.2, -0.15) is 0 Å². The summed E-state index contributed by atoms with van der Waals surface area (Å²) in [5, 5.41) is 0. The van der Waals surface area contributed by atoms with Crippen molar-refractivity contribution in [2.75, 3.05) is 0 Å². The number of hydrogen-bond acceptors (Lipinski definition) is 3. The van der Waals surface area contributed by atoms with Gasteiger partial charge in [0.15, 0.2) is 0 Å². The van der Waals surface area contributed by atoms with Crippen LogP contribution in [0, 0.1) is 17.8 Å². The maximum Gasteiger partial charge on any atom is 0.372 e. The van der Waals surface area contributed by atoms with Crippen LogP contribution in [-0.2, 0) is 9.05 Å². The van der Waals surface area contributed by atoms with Gasteiger partial charge in [-0.1, -0.05) is 27.2 Å². The van der Waals surface area contributed by atoms with E-state index in [1.807, 2.05) is 0 Å². The van der Waals surface area contributed by atoms with E-state index in [0.29, 0.717) is 17.9 Å². The zero-order chi connectivity index (χ0) is 12.3. The highest BCUT2D eigenvalue weighted by atomic mass is 31.2. The molecule has 0 spiro atoms. The van der Waals surface area contributed by atoms with E-state index in [1.54, 1.807) is 18.6 Å². The Balaban J connectivity index is 1.95. The van der Waals surface area contributed by atoms with Crippen molar-refractivity contribution >= 4 is 14.7 Å². The predicted octanol–water partition coefficient (Wildman–Crippen LogP) is 4.31. The van der Waals surface area contributed by atoms with Crippen LogP contribution < -0.4 is 0 Å². The fraction of sp³-hybridized carbons (Fsp3) is 0.769. The standard InChI is InChI=1S/C13H22NO2P/c1-10(2)12-6-5-11(3)9-13(12)16-17-14-7-4-8-15-17/h4,7-8,10-13H,5-6,9H2,1-3H3. The van der Waals surface area contributed by atoms with Crippen molar-refractivity contribution < 1.29 is 9.05 Å². The van der Waals surface area contributed by atoms with Gasteiger partial charge in [0.2, 0.25) is 0 Å². The van der Waals surface area contributed by atoms with Gasteiger partial charge < -0.3 is 9.05 Å². The van der Waals surface area contributed by atoms with Crippen LogP contribution in [0.3, 0.4) is 0 Å². The molecule has 1 saturated carbocycles. The van der Waals surface area contributed by atoms with Crippen LogP contribution in [-0.4, -0.2) is 12.3 Å². The predicted molar refractivity (Wildman–Crippen MR) is 71.9 cm³/mol. The van der Waals surface area contributed by atoms with Crippen LogP contribution in [0.2, 0.25) is 0 Å². The molecule has 1 heterocycles. The number of rotatable bonds is 3. The molecule has 4 heteroatoms. The van der Waals surface area contributed by atoms with Crippen LogP contribution in [0.15, 0.2) is 17.1 Å². The molecule has 0 aromatic heterocycles. The Morgan fingerprint density at radius 2 is 2.24 bits per heavy atom. The molecule has 1 aliphatic carbocycles. The first-order chi connectivity index (χ1) is 8.16. The van der Waals surface area contributed by atoms with Crippen LogP contribution >= 0.6 is 8.53 Å². The Kier molecular flexibility index (Phi) is 4.58. The zero-order valence-electron chi connectivity index (χ0n) is 10.9. The van der Waals surface area contributed by atoms with E-state index in [4.69, 9.17) is 9.05 Å². The summed E-state index contributed by atoms with van der Waals surface area (Å²) in [5.41, 5.74) is 0. The molecule has 2 rings (SSSR count). The van der Waals surface area contributed by atoms with E-state index in [1.165, 1.54) is 12.8 Å². The average molecular weight is 255 g/mol. The third-order valence-corrected chi connectivity index (χ3v) is 4.74. The molecule has 0 aromatic carbocycles. The van der Waals surface area contributed by atoms with E-state index in [-0.39, 0.29) is 0 Å². The molecule has 1 fully saturated rings. The Morgan fingerprint density at radius 1 is 1.41 bits per heavy atom. The quantitative estimate of drug-likeness (QED) is 0.704. The topological polar surface area (TPSA) is 30.8 Å². The molecule has 0 radical (unpaired) electrons. The number of allylic oxidation sites excluding steroid dienone is 1. The van der Waals surface area contributed by atoms with E-state index < -0.39 is 8.53 Å². The zero-order valence-corrected chi connectivity index (χ0v) is 11.8. The van der Waals surface area contributed by atoms with Crippen molar-refractivity contribution in [3.63, 3.8) is 0 Å². The highest BCUT2D eigenvalue weighted by molar-refractivity contribution is 7.46. The second-order valence-electron chi connectivity index (χ2n) is 5.41. The lowest BCUT2D eigenvalue weighted by Gasteiger charge is -2.37. The van der Waals surface area contributed by atoms with Gasteiger partial charge in [0.05, 0.1) is 12.4 Å². The molecule has 0 amide bonds. The lowest BCUT2D eigenvalue weighted by atomic mass is 9.75. The van der Waals surface area contributed by atoms with Gasteiger partial charge >= 0.3 is 8.53 Å². The summed E-state index contributed by atoms with van der Waals surface area (Å²) in [6.07, 6.45) is 9.29. The Hall–Kier alpha value is -0.400. The molecule has 2 aliphatic rings. The minimum Gasteiger partial charge on any atom is -0.438 e. The molecular formula is C13H22NO2P. The van der Waals surface area contributed by atoms with Gasteiger partial charge in [-0.25, -0.2) is 4.76 Å². The molecule has 0 N–H and O–H groups in total. The number of nitrogens with zero attached hydrogens (tertiary/aromatic N) is 1. The van der Waals surface area contributed by atoms with Gasteiger partial charge in [-0.3, -0.25) is 0 Å². The second-order valence-corrected chi connectivity index (χ2v) is 6.53. The van der Waals surface area contributed by atoms with Gasteiger partial charge in [-0.15, -0.1) is 0 Å². The van der Waals surface area contributed by atoms with Crippen molar-refractivity contribution in [3.8, 4) is 0 Å². The minimum absolute atomic E-state index is 0.313. The lowest BCUT2D eigenvalue weighted by molar-refractivity contribution is 0.0467. The summed E-state index contributed by atoms with van der Waals surface area (Å²) < 4.78 is 15.7. The van der Waals surface area contributed by atoms with Gasteiger partial charge in [0.1, 0.15) is 0 Å². The molecule has 0 saturated heterocycles. The first-order valence-corrected chi connectivity index (χ1v) is 7.62. The van der Waals surface area contributed by atoms with Gasteiger partial charge in [-0.05, 0) is 36.7 Å². The van der Waals surface area contributed by atoms with Crippen molar-refractivity contribution in [3.05, 3.63) is 12.3 Å². The van der Waals surface area contributed by atoms with E-state index in [0.717, 1.165) is 12.3 Å². The van der Waals surface area contributed by atoms with Crippen LogP contribution in [0.4, 0.5) is 0 Å². The van der Waals surface area contributed by atoms with Gasteiger partial charge in [0, 0.05) is 6.21 Å². The summed E-state index contributed by atoms with van der Waals surface area (Å²) in [6.45, 7) is 6.88. The molecule has 0 bridgehead atoms. The molecule has 4 unspecified atom stereocenters. The molecule has 96 valence electrons. The monoisotopic (exact) mass is 255 g/mol. The third kappa shape index (κ3) is 3.53. The van der Waals surface area contributed by atoms with Crippen molar-refractivity contribution in [1.29, 1.82) is 0 Å². The SMILES string of the molecule is CC1CCC(C(C)C)C(OP2N=CC=CO2)C1. The smallest absolute Gasteiger partial charge is 0.372 e. The van der Waals surface area contributed by atoms with Crippen LogP contribution in [0.5, 0.6) is 0 Å². The van der Waals surface area contributed by atoms with Gasteiger partial charge in [0.25, 0.3) is 0 Å². The first kappa shape index (κ1) is 13.0. The van der Waals surface area contributed by atoms with Crippen molar-refractivity contribution in [1.82, 2.24) is 0 Å². The van der Waals surface area contributed by atoms with E-state index in [2.05, 4.69) is 25.5 Å². The maximum atomic E-state index is 6.07. The Morgan fingerprint density at radius 3 is 2.88 bits per heavy atom. The van der Waals surface area contributed by atoms with Crippen LogP contribution in [0.1, 0.15) is 40.0 Å². The first-order valence-electron chi connectivity index (χ1n) is 6.49. The normalized spacial score (nSPS) is 37.2. The summed E-state index contributed by atoms with van der Waals surface area (Å²) >= 11 is 0. The van der Waals surface area contributed by atoms with Crippen molar-refractivity contribution in [2.45, 2.75) is 46.1 Å². The fourth-order valence-electron chi connectivity index (χ4n) is 2.65.